The van der Waals surface area contributed by atoms with Gasteiger partial charge in [-0.15, -0.1) is 0 Å². The fourth-order valence-corrected chi connectivity index (χ4v) is 3.40. The first-order chi connectivity index (χ1) is 13.5. The minimum Gasteiger partial charge on any atom is -0.494 e. The molecule has 0 bridgehead atoms. The third-order valence-corrected chi connectivity index (χ3v) is 4.95. The lowest BCUT2D eigenvalue weighted by atomic mass is 10.1. The number of hydrogen-bond donors (Lipinski definition) is 2. The van der Waals surface area contributed by atoms with Gasteiger partial charge in [0.05, 0.1) is 12.4 Å². The van der Waals surface area contributed by atoms with Crippen LogP contribution in [0.4, 0.5) is 10.5 Å². The standard InChI is InChI=1S/C21H29N3O4/c1-3-4-5-12-27-17-8-6-16(7-9-17)22-21(26)23-20(25)19-13-15-14-24(2)11-10-18(15)28-19/h6-9,19H,3-5,10-14H2,1-2H3,(H2,22,23,25,26). The monoisotopic (exact) mass is 387 g/mol. The molecular formula is C21H29N3O4. The predicted molar refractivity (Wildman–Crippen MR) is 107 cm³/mol. The molecule has 2 aliphatic rings. The van der Waals surface area contributed by atoms with Crippen LogP contribution in [-0.4, -0.2) is 49.7 Å². The summed E-state index contributed by atoms with van der Waals surface area (Å²) >= 11 is 0. The van der Waals surface area contributed by atoms with Crippen molar-refractivity contribution in [1.82, 2.24) is 10.2 Å². The van der Waals surface area contributed by atoms with E-state index in [2.05, 4.69) is 22.5 Å². The first-order valence-corrected chi connectivity index (χ1v) is 9.96. The molecule has 0 fully saturated rings. The largest absolute Gasteiger partial charge is 0.494 e. The highest BCUT2D eigenvalue weighted by molar-refractivity contribution is 6.02. The molecule has 0 radical (unpaired) electrons. The van der Waals surface area contributed by atoms with Crippen LogP contribution >= 0.6 is 0 Å². The second kappa shape index (κ2) is 9.59. The maximum Gasteiger partial charge on any atom is 0.325 e. The van der Waals surface area contributed by atoms with E-state index in [1.807, 2.05) is 7.05 Å². The van der Waals surface area contributed by atoms with Crippen molar-refractivity contribution in [2.45, 2.75) is 45.1 Å². The predicted octanol–water partition coefficient (Wildman–Crippen LogP) is 3.28. The molecule has 3 rings (SSSR count). The average Bonchev–Trinajstić information content (AvgIpc) is 3.10. The number of anilines is 1. The number of rotatable bonds is 7. The summed E-state index contributed by atoms with van der Waals surface area (Å²) in [6.07, 6.45) is 4.06. The zero-order valence-corrected chi connectivity index (χ0v) is 16.6. The Balaban J connectivity index is 1.42. The van der Waals surface area contributed by atoms with E-state index in [0.29, 0.717) is 18.7 Å². The topological polar surface area (TPSA) is 79.9 Å². The Hall–Kier alpha value is -2.54. The summed E-state index contributed by atoms with van der Waals surface area (Å²) in [5.41, 5.74) is 1.75. The third kappa shape index (κ3) is 5.48. The Morgan fingerprint density at radius 2 is 2.04 bits per heavy atom. The summed E-state index contributed by atoms with van der Waals surface area (Å²) in [7, 11) is 2.05. The van der Waals surface area contributed by atoms with Crippen LogP contribution in [0.1, 0.15) is 39.0 Å². The molecule has 2 heterocycles. The number of hydrogen-bond acceptors (Lipinski definition) is 5. The first kappa shape index (κ1) is 20.2. The van der Waals surface area contributed by atoms with E-state index in [-0.39, 0.29) is 0 Å². The zero-order valence-electron chi connectivity index (χ0n) is 16.6. The number of imide groups is 1. The van der Waals surface area contributed by atoms with Gasteiger partial charge in [0.1, 0.15) is 5.75 Å². The SMILES string of the molecule is CCCCCOc1ccc(NC(=O)NC(=O)C2CC3=C(CCN(C)C3)O2)cc1. The van der Waals surface area contributed by atoms with Crippen molar-refractivity contribution in [3.05, 3.63) is 35.6 Å². The van der Waals surface area contributed by atoms with E-state index >= 15 is 0 Å². The van der Waals surface area contributed by atoms with E-state index in [1.54, 1.807) is 24.3 Å². The number of nitrogens with zero attached hydrogens (tertiary/aromatic N) is 1. The lowest BCUT2D eigenvalue weighted by molar-refractivity contribution is -0.128. The molecule has 152 valence electrons. The molecule has 7 heteroatoms. The number of ether oxygens (including phenoxy) is 2. The Morgan fingerprint density at radius 1 is 1.25 bits per heavy atom. The van der Waals surface area contributed by atoms with Crippen molar-refractivity contribution in [1.29, 1.82) is 0 Å². The Kier molecular flexibility index (Phi) is 6.92. The number of urea groups is 1. The van der Waals surface area contributed by atoms with Crippen LogP contribution in [-0.2, 0) is 9.53 Å². The van der Waals surface area contributed by atoms with Crippen LogP contribution in [0, 0.1) is 0 Å². The smallest absolute Gasteiger partial charge is 0.325 e. The number of unbranched alkanes of at least 4 members (excludes halogenated alkanes) is 2. The van der Waals surface area contributed by atoms with Gasteiger partial charge in [0.25, 0.3) is 5.91 Å². The molecule has 3 amide bonds. The Labute approximate surface area is 166 Å². The van der Waals surface area contributed by atoms with Gasteiger partial charge in [0.15, 0.2) is 6.10 Å². The summed E-state index contributed by atoms with van der Waals surface area (Å²) < 4.78 is 11.4. The van der Waals surface area contributed by atoms with Gasteiger partial charge in [-0.2, -0.15) is 0 Å². The van der Waals surface area contributed by atoms with Gasteiger partial charge in [-0.1, -0.05) is 19.8 Å². The first-order valence-electron chi connectivity index (χ1n) is 9.96. The average molecular weight is 387 g/mol. The minimum atomic E-state index is -0.624. The van der Waals surface area contributed by atoms with Crippen LogP contribution < -0.4 is 15.4 Å². The number of nitrogens with one attached hydrogen (secondary N) is 2. The van der Waals surface area contributed by atoms with Crippen molar-refractivity contribution in [3.63, 3.8) is 0 Å². The summed E-state index contributed by atoms with van der Waals surface area (Å²) in [4.78, 5) is 26.7. The molecule has 1 unspecified atom stereocenters. The van der Waals surface area contributed by atoms with Crippen molar-refractivity contribution >= 4 is 17.6 Å². The van der Waals surface area contributed by atoms with Crippen molar-refractivity contribution in [2.75, 3.05) is 32.1 Å². The van der Waals surface area contributed by atoms with Crippen molar-refractivity contribution < 1.29 is 19.1 Å². The molecule has 0 saturated carbocycles. The highest BCUT2D eigenvalue weighted by Gasteiger charge is 2.34. The molecule has 0 saturated heterocycles. The van der Waals surface area contributed by atoms with Crippen molar-refractivity contribution in [3.8, 4) is 5.75 Å². The molecule has 1 aromatic carbocycles. The molecule has 0 aliphatic carbocycles. The maximum absolute atomic E-state index is 12.3. The highest BCUT2D eigenvalue weighted by atomic mass is 16.5. The molecule has 1 atom stereocenters. The summed E-state index contributed by atoms with van der Waals surface area (Å²) in [5.74, 6) is 1.26. The lowest BCUT2D eigenvalue weighted by Gasteiger charge is -2.22. The molecule has 2 N–H and O–H groups in total. The van der Waals surface area contributed by atoms with Gasteiger partial charge in [0.2, 0.25) is 0 Å². The van der Waals surface area contributed by atoms with Crippen LogP contribution in [0.25, 0.3) is 0 Å². The number of likely N-dealkylation sites (N-methyl/N-ethyl adjacent to an activating group) is 1. The molecule has 7 nitrogen and oxygen atoms in total. The molecular weight excluding hydrogens is 358 g/mol. The quantitative estimate of drug-likeness (QED) is 0.702. The van der Waals surface area contributed by atoms with Crippen LogP contribution in [0.2, 0.25) is 0 Å². The zero-order chi connectivity index (χ0) is 19.9. The van der Waals surface area contributed by atoms with E-state index in [9.17, 15) is 9.59 Å². The summed E-state index contributed by atoms with van der Waals surface area (Å²) in [5, 5.41) is 5.03. The summed E-state index contributed by atoms with van der Waals surface area (Å²) in [6.45, 7) is 4.58. The number of carbonyl (C=O) groups is 2. The maximum atomic E-state index is 12.3. The normalized spacial score (nSPS) is 19.0. The van der Waals surface area contributed by atoms with E-state index in [1.165, 1.54) is 0 Å². The minimum absolute atomic E-state index is 0.412. The van der Waals surface area contributed by atoms with E-state index < -0.39 is 18.0 Å². The molecule has 28 heavy (non-hydrogen) atoms. The second-order valence-corrected chi connectivity index (χ2v) is 7.35. The highest BCUT2D eigenvalue weighted by Crippen LogP contribution is 2.31. The second-order valence-electron chi connectivity index (χ2n) is 7.35. The van der Waals surface area contributed by atoms with Gasteiger partial charge in [-0.25, -0.2) is 4.79 Å². The number of benzene rings is 1. The Morgan fingerprint density at radius 3 is 2.79 bits per heavy atom. The van der Waals surface area contributed by atoms with Gasteiger partial charge >= 0.3 is 6.03 Å². The number of amides is 3. The van der Waals surface area contributed by atoms with Gasteiger partial charge < -0.3 is 19.7 Å². The Bertz CT molecular complexity index is 730. The van der Waals surface area contributed by atoms with E-state index in [4.69, 9.17) is 9.47 Å². The van der Waals surface area contributed by atoms with Crippen LogP contribution in [0.5, 0.6) is 5.75 Å². The van der Waals surface area contributed by atoms with Gasteiger partial charge in [-0.3, -0.25) is 10.1 Å². The molecule has 1 aromatic rings. The van der Waals surface area contributed by atoms with Gasteiger partial charge in [-0.05, 0) is 43.3 Å². The third-order valence-electron chi connectivity index (χ3n) is 4.95. The molecule has 2 aliphatic heterocycles. The fraction of sp³-hybridized carbons (Fsp3) is 0.524. The molecule has 0 aromatic heterocycles. The summed E-state index contributed by atoms with van der Waals surface area (Å²) in [6, 6.07) is 6.55. The number of carbonyl (C=O) groups excluding carboxylic acids is 2. The van der Waals surface area contributed by atoms with E-state index in [0.717, 1.165) is 55.9 Å². The van der Waals surface area contributed by atoms with Crippen LogP contribution in [0.3, 0.4) is 0 Å². The fourth-order valence-electron chi connectivity index (χ4n) is 3.40. The van der Waals surface area contributed by atoms with Crippen molar-refractivity contribution in [2.24, 2.45) is 0 Å². The van der Waals surface area contributed by atoms with Gasteiger partial charge in [0, 0.05) is 31.6 Å². The molecule has 0 spiro atoms. The lowest BCUT2D eigenvalue weighted by Crippen LogP contribution is -2.41. The van der Waals surface area contributed by atoms with Crippen LogP contribution in [0.15, 0.2) is 35.6 Å².